The number of aliphatic hydroxyl groups excluding tert-OH is 4. The van der Waals surface area contributed by atoms with Crippen molar-refractivity contribution in [3.8, 4) is 0 Å². The van der Waals surface area contributed by atoms with Crippen LogP contribution >= 0.6 is 0 Å². The van der Waals surface area contributed by atoms with Crippen molar-refractivity contribution in [2.75, 3.05) is 19.8 Å². The molecule has 1 saturated heterocycles. The number of ether oxygens (including phenoxy) is 4. The van der Waals surface area contributed by atoms with Crippen LogP contribution in [0.4, 0.5) is 0 Å². The van der Waals surface area contributed by atoms with E-state index < -0.39 is 49.4 Å². The Labute approximate surface area is 373 Å². The third-order valence-electron chi connectivity index (χ3n) is 11.8. The summed E-state index contributed by atoms with van der Waals surface area (Å²) in [6, 6.07) is 0. The van der Waals surface area contributed by atoms with Gasteiger partial charge in [0.1, 0.15) is 31.0 Å². The number of unbranched alkanes of at least 4 members (excludes halogenated alkanes) is 28. The fourth-order valence-electron chi connectivity index (χ4n) is 7.80. The first kappa shape index (κ1) is 57.2. The number of carbonyl (C=O) groups excluding carboxylic acids is 2. The number of hydrogen-bond donors (Lipinski definition) is 4. The second kappa shape index (κ2) is 42.1. The molecule has 6 atom stereocenters. The quantitative estimate of drug-likeness (QED) is 0.0265. The summed E-state index contributed by atoms with van der Waals surface area (Å²) < 4.78 is 22.2. The predicted octanol–water partition coefficient (Wildman–Crippen LogP) is 11.7. The molecule has 0 aromatic carbocycles. The highest BCUT2D eigenvalue weighted by Gasteiger charge is 2.44. The first-order valence-electron chi connectivity index (χ1n) is 25.4. The van der Waals surface area contributed by atoms with E-state index in [0.29, 0.717) is 6.42 Å². The van der Waals surface area contributed by atoms with Gasteiger partial charge < -0.3 is 39.4 Å². The zero-order chi connectivity index (χ0) is 44.4. The van der Waals surface area contributed by atoms with Crippen LogP contribution in [0.15, 0.2) is 24.3 Å². The summed E-state index contributed by atoms with van der Waals surface area (Å²) in [5.41, 5.74) is 0. The van der Waals surface area contributed by atoms with E-state index in [1.165, 1.54) is 154 Å². The molecule has 2 unspecified atom stereocenters. The zero-order valence-corrected chi connectivity index (χ0v) is 39.2. The van der Waals surface area contributed by atoms with E-state index in [0.717, 1.165) is 44.9 Å². The Bertz CT molecular complexity index is 1050. The normalized spacial score (nSPS) is 19.9. The molecule has 0 aromatic heterocycles. The minimum absolute atomic E-state index is 0.173. The summed E-state index contributed by atoms with van der Waals surface area (Å²) >= 11 is 0. The fraction of sp³-hybridized carbons (Fsp3) is 0.882. The van der Waals surface area contributed by atoms with Gasteiger partial charge in [0.15, 0.2) is 12.4 Å². The van der Waals surface area contributed by atoms with Crippen LogP contribution in [0.3, 0.4) is 0 Å². The molecule has 0 aliphatic carbocycles. The minimum atomic E-state index is -1.60. The van der Waals surface area contributed by atoms with Gasteiger partial charge in [-0.1, -0.05) is 199 Å². The van der Waals surface area contributed by atoms with Gasteiger partial charge in [-0.25, -0.2) is 0 Å². The van der Waals surface area contributed by atoms with E-state index in [2.05, 4.69) is 38.2 Å². The molecule has 1 fully saturated rings. The van der Waals surface area contributed by atoms with E-state index in [-0.39, 0.29) is 32.0 Å². The van der Waals surface area contributed by atoms with Crippen molar-refractivity contribution in [2.24, 2.45) is 0 Å². The molecule has 0 radical (unpaired) electrons. The molecule has 10 heteroatoms. The summed E-state index contributed by atoms with van der Waals surface area (Å²) in [7, 11) is 0. The van der Waals surface area contributed by atoms with Crippen LogP contribution in [-0.4, -0.2) is 89.0 Å². The standard InChI is InChI=1S/C51H94O10/c1-3-5-7-9-11-13-15-17-18-19-20-21-22-23-24-25-26-28-30-32-34-36-38-40-47(54)60-44(43-59-51-50(57)49(56)48(55)45(41-52)61-51)42-58-46(53)39-37-35-33-31-29-27-16-14-12-10-8-6-4-2/h25-26,32,34,44-45,48-52,55-57H,3-24,27-31,33,35-43H2,1-2H3/b26-25+,34-32+/t44-,45-,48+,49?,50?,51-/m1/s1. The number of allylic oxidation sites excluding steroid dienone is 4. The Morgan fingerprint density at radius 3 is 1.38 bits per heavy atom. The molecule has 358 valence electrons. The Hall–Kier alpha value is -1.82. The smallest absolute Gasteiger partial charge is 0.306 e. The predicted molar refractivity (Wildman–Crippen MR) is 247 cm³/mol. The van der Waals surface area contributed by atoms with Gasteiger partial charge in [-0.15, -0.1) is 0 Å². The molecular weight excluding hydrogens is 773 g/mol. The first-order valence-corrected chi connectivity index (χ1v) is 25.4. The van der Waals surface area contributed by atoms with E-state index >= 15 is 0 Å². The molecule has 61 heavy (non-hydrogen) atoms. The van der Waals surface area contributed by atoms with E-state index in [4.69, 9.17) is 18.9 Å². The van der Waals surface area contributed by atoms with Gasteiger partial charge in [0.25, 0.3) is 0 Å². The molecule has 0 saturated carbocycles. The van der Waals surface area contributed by atoms with Gasteiger partial charge in [0.05, 0.1) is 13.2 Å². The summed E-state index contributed by atoms with van der Waals surface area (Å²) in [4.78, 5) is 25.4. The van der Waals surface area contributed by atoms with E-state index in [1.807, 2.05) is 0 Å². The largest absolute Gasteiger partial charge is 0.462 e. The Morgan fingerprint density at radius 1 is 0.492 bits per heavy atom. The molecule has 0 amide bonds. The SMILES string of the molecule is CCCCCCCCCCCCCCCC/C=C/CC/C=C/CCCC(=O)O[C@H](COC(=O)CCCCCCCCCCCCCCC)CO[C@@H]1O[C@H](CO)[C@H](O)C(O)C1O. The lowest BCUT2D eigenvalue weighted by molar-refractivity contribution is -0.305. The maximum absolute atomic E-state index is 12.8. The van der Waals surface area contributed by atoms with Crippen LogP contribution in [0, 0.1) is 0 Å². The van der Waals surface area contributed by atoms with E-state index in [1.54, 1.807) is 0 Å². The van der Waals surface area contributed by atoms with Gasteiger partial charge in [-0.2, -0.15) is 0 Å². The number of hydrogen-bond acceptors (Lipinski definition) is 10. The molecule has 1 aliphatic heterocycles. The highest BCUT2D eigenvalue weighted by molar-refractivity contribution is 5.70. The van der Waals surface area contributed by atoms with Gasteiger partial charge >= 0.3 is 11.9 Å². The highest BCUT2D eigenvalue weighted by Crippen LogP contribution is 2.23. The molecule has 10 nitrogen and oxygen atoms in total. The van der Waals surface area contributed by atoms with Crippen LogP contribution < -0.4 is 0 Å². The Kier molecular flexibility index (Phi) is 39.5. The van der Waals surface area contributed by atoms with Crippen LogP contribution in [0.25, 0.3) is 0 Å². The summed E-state index contributed by atoms with van der Waals surface area (Å²) in [6.07, 6.45) is 40.6. The number of carbonyl (C=O) groups is 2. The van der Waals surface area contributed by atoms with Crippen LogP contribution in [0.2, 0.25) is 0 Å². The lowest BCUT2D eigenvalue weighted by Gasteiger charge is -2.39. The van der Waals surface area contributed by atoms with Gasteiger partial charge in [0, 0.05) is 12.8 Å². The lowest BCUT2D eigenvalue weighted by atomic mass is 9.99. The highest BCUT2D eigenvalue weighted by atomic mass is 16.7. The average molecular weight is 867 g/mol. The first-order chi connectivity index (χ1) is 29.8. The Morgan fingerprint density at radius 2 is 0.902 bits per heavy atom. The number of rotatable bonds is 43. The second-order valence-electron chi connectivity index (χ2n) is 17.6. The minimum Gasteiger partial charge on any atom is -0.462 e. The van der Waals surface area contributed by atoms with Crippen molar-refractivity contribution < 1.29 is 49.0 Å². The second-order valence-corrected chi connectivity index (χ2v) is 17.6. The molecule has 4 N–H and O–H groups in total. The topological polar surface area (TPSA) is 152 Å². The molecule has 0 spiro atoms. The molecule has 1 aliphatic rings. The van der Waals surface area contributed by atoms with Crippen molar-refractivity contribution in [2.45, 2.75) is 269 Å². The van der Waals surface area contributed by atoms with Crippen LogP contribution in [0.1, 0.15) is 232 Å². The third kappa shape index (κ3) is 33.4. The monoisotopic (exact) mass is 867 g/mol. The van der Waals surface area contributed by atoms with E-state index in [9.17, 15) is 30.0 Å². The average Bonchev–Trinajstić information content (AvgIpc) is 3.26. The molecule has 0 bridgehead atoms. The molecule has 0 aromatic rings. The molecule has 1 heterocycles. The van der Waals surface area contributed by atoms with Gasteiger partial charge in [-0.3, -0.25) is 9.59 Å². The van der Waals surface area contributed by atoms with Gasteiger partial charge in [0.2, 0.25) is 0 Å². The zero-order valence-electron chi connectivity index (χ0n) is 39.2. The fourth-order valence-corrected chi connectivity index (χ4v) is 7.80. The Balaban J connectivity index is 2.27. The van der Waals surface area contributed by atoms with Crippen molar-refractivity contribution in [3.05, 3.63) is 24.3 Å². The number of esters is 2. The van der Waals surface area contributed by atoms with Gasteiger partial charge in [-0.05, 0) is 44.9 Å². The molecule has 1 rings (SSSR count). The van der Waals surface area contributed by atoms with Crippen molar-refractivity contribution in [3.63, 3.8) is 0 Å². The summed E-state index contributed by atoms with van der Waals surface area (Å²) in [5, 5.41) is 40.1. The lowest BCUT2D eigenvalue weighted by Crippen LogP contribution is -2.59. The van der Waals surface area contributed by atoms with Crippen molar-refractivity contribution in [1.29, 1.82) is 0 Å². The summed E-state index contributed by atoms with van der Waals surface area (Å²) in [5.74, 6) is -0.846. The van der Waals surface area contributed by atoms with Crippen LogP contribution in [0.5, 0.6) is 0 Å². The maximum atomic E-state index is 12.8. The van der Waals surface area contributed by atoms with Crippen LogP contribution in [-0.2, 0) is 28.5 Å². The third-order valence-corrected chi connectivity index (χ3v) is 11.8. The summed E-state index contributed by atoms with van der Waals surface area (Å²) in [6.45, 7) is 3.42. The number of aliphatic hydroxyl groups is 4. The van der Waals surface area contributed by atoms with Crippen molar-refractivity contribution >= 4 is 11.9 Å². The van der Waals surface area contributed by atoms with Crippen molar-refractivity contribution in [1.82, 2.24) is 0 Å². The maximum Gasteiger partial charge on any atom is 0.306 e. The molecular formula is C51H94O10.